The summed E-state index contributed by atoms with van der Waals surface area (Å²) in [5, 5.41) is 14.3. The van der Waals surface area contributed by atoms with E-state index in [4.69, 9.17) is 10.00 Å². The average molecular weight is 471 g/mol. The van der Waals surface area contributed by atoms with Crippen molar-refractivity contribution in [3.63, 3.8) is 0 Å². The smallest absolute Gasteiger partial charge is 0.258 e. The first-order valence-corrected chi connectivity index (χ1v) is 11.7. The van der Waals surface area contributed by atoms with Crippen LogP contribution in [0, 0.1) is 23.0 Å². The normalized spacial score (nSPS) is 14.1. The SMILES string of the molecule is CC(C#N)NC(=O)COc1cc(F)ccc1Nc1ncnc2cc(N=S3CCC3)cc(F)c12. The molecule has 11 heteroatoms. The van der Waals surface area contributed by atoms with Gasteiger partial charge in [-0.1, -0.05) is 10.7 Å². The predicted octanol–water partition coefficient (Wildman–Crippen LogP) is 3.90. The van der Waals surface area contributed by atoms with Crippen LogP contribution in [0.2, 0.25) is 0 Å². The molecule has 8 nitrogen and oxygen atoms in total. The van der Waals surface area contributed by atoms with Crippen molar-refractivity contribution in [3.8, 4) is 11.8 Å². The number of nitrogens with zero attached hydrogens (tertiary/aromatic N) is 4. The lowest BCUT2D eigenvalue weighted by Gasteiger charge is -2.16. The molecule has 2 heterocycles. The van der Waals surface area contributed by atoms with Gasteiger partial charge < -0.3 is 15.4 Å². The number of ether oxygens (including phenoxy) is 1. The molecular formula is C22H20F2N6O2S. The number of benzene rings is 2. The summed E-state index contributed by atoms with van der Waals surface area (Å²) in [6.45, 7) is 1.09. The molecule has 1 amide bonds. The topological polar surface area (TPSA) is 112 Å². The fourth-order valence-electron chi connectivity index (χ4n) is 3.09. The molecule has 2 aromatic carbocycles. The summed E-state index contributed by atoms with van der Waals surface area (Å²) in [6, 6.07) is 7.93. The first-order valence-electron chi connectivity index (χ1n) is 10.1. The largest absolute Gasteiger partial charge is 0.481 e. The first-order chi connectivity index (χ1) is 15.9. The fourth-order valence-corrected chi connectivity index (χ4v) is 4.23. The maximum atomic E-state index is 15.0. The van der Waals surface area contributed by atoms with Gasteiger partial charge in [0.15, 0.2) is 6.61 Å². The third-order valence-corrected chi connectivity index (χ3v) is 6.78. The number of aromatic nitrogens is 2. The Morgan fingerprint density at radius 2 is 2.12 bits per heavy atom. The summed E-state index contributed by atoms with van der Waals surface area (Å²) in [7, 11) is -0.0550. The molecule has 2 N–H and O–H groups in total. The van der Waals surface area contributed by atoms with E-state index in [1.807, 2.05) is 6.07 Å². The van der Waals surface area contributed by atoms with E-state index in [0.29, 0.717) is 11.2 Å². The van der Waals surface area contributed by atoms with Gasteiger partial charge in [-0.05, 0) is 31.5 Å². The van der Waals surface area contributed by atoms with Gasteiger partial charge in [0, 0.05) is 23.6 Å². The fraction of sp³-hybridized carbons (Fsp3) is 0.273. The van der Waals surface area contributed by atoms with Crippen LogP contribution in [0.1, 0.15) is 13.3 Å². The van der Waals surface area contributed by atoms with Crippen LogP contribution in [0.4, 0.5) is 26.0 Å². The summed E-state index contributed by atoms with van der Waals surface area (Å²) in [5.74, 6) is 0.583. The molecule has 0 spiro atoms. The third-order valence-electron chi connectivity index (χ3n) is 4.80. The Labute approximate surface area is 191 Å². The van der Waals surface area contributed by atoms with Crippen LogP contribution in [-0.2, 0) is 15.5 Å². The molecule has 1 aliphatic heterocycles. The molecule has 1 atom stereocenters. The number of fused-ring (bicyclic) bond motifs is 1. The molecular weight excluding hydrogens is 450 g/mol. The third kappa shape index (κ3) is 5.40. The van der Waals surface area contributed by atoms with Crippen LogP contribution in [-0.4, -0.2) is 40.0 Å². The molecule has 1 aliphatic rings. The highest BCUT2D eigenvalue weighted by Gasteiger charge is 2.16. The molecule has 1 saturated heterocycles. The average Bonchev–Trinajstić information content (AvgIpc) is 2.76. The molecule has 1 fully saturated rings. The number of hydrogen-bond donors (Lipinski definition) is 2. The van der Waals surface area contributed by atoms with E-state index >= 15 is 4.39 Å². The van der Waals surface area contributed by atoms with Crippen molar-refractivity contribution in [3.05, 3.63) is 48.3 Å². The zero-order valence-electron chi connectivity index (χ0n) is 17.6. The number of halogens is 2. The van der Waals surface area contributed by atoms with Crippen molar-refractivity contribution < 1.29 is 18.3 Å². The van der Waals surface area contributed by atoms with Crippen molar-refractivity contribution in [2.24, 2.45) is 4.36 Å². The first kappa shape index (κ1) is 22.5. The Morgan fingerprint density at radius 1 is 1.30 bits per heavy atom. The quantitative estimate of drug-likeness (QED) is 0.542. The van der Waals surface area contributed by atoms with E-state index in [0.717, 1.165) is 24.0 Å². The van der Waals surface area contributed by atoms with Crippen molar-refractivity contribution in [2.45, 2.75) is 19.4 Å². The number of nitriles is 1. The van der Waals surface area contributed by atoms with Gasteiger partial charge in [0.05, 0.1) is 28.3 Å². The maximum absolute atomic E-state index is 15.0. The summed E-state index contributed by atoms with van der Waals surface area (Å²) < 4.78 is 38.9. The minimum Gasteiger partial charge on any atom is -0.481 e. The van der Waals surface area contributed by atoms with Gasteiger partial charge in [0.25, 0.3) is 5.91 Å². The minimum atomic E-state index is -0.692. The number of hydrogen-bond acceptors (Lipinski definition) is 7. The van der Waals surface area contributed by atoms with E-state index in [-0.39, 0.29) is 33.3 Å². The number of amides is 1. The molecule has 33 heavy (non-hydrogen) atoms. The minimum absolute atomic E-state index is 0.0275. The second-order valence-corrected chi connectivity index (χ2v) is 9.26. The highest BCUT2D eigenvalue weighted by atomic mass is 32.2. The van der Waals surface area contributed by atoms with Crippen LogP contribution in [0.3, 0.4) is 0 Å². The molecule has 0 radical (unpaired) electrons. The summed E-state index contributed by atoms with van der Waals surface area (Å²) in [6.07, 6.45) is 2.43. The van der Waals surface area contributed by atoms with Gasteiger partial charge in [-0.15, -0.1) is 0 Å². The molecule has 1 unspecified atom stereocenters. The second kappa shape index (κ2) is 9.87. The molecule has 4 rings (SSSR count). The van der Waals surface area contributed by atoms with Crippen LogP contribution < -0.4 is 15.4 Å². The zero-order chi connectivity index (χ0) is 23.4. The molecule has 0 bridgehead atoms. The van der Waals surface area contributed by atoms with Crippen LogP contribution in [0.25, 0.3) is 10.9 Å². The Kier molecular flexibility index (Phi) is 6.74. The van der Waals surface area contributed by atoms with Gasteiger partial charge in [0.2, 0.25) is 0 Å². The molecule has 170 valence electrons. The van der Waals surface area contributed by atoms with E-state index in [9.17, 15) is 9.18 Å². The Morgan fingerprint density at radius 3 is 2.85 bits per heavy atom. The van der Waals surface area contributed by atoms with E-state index in [1.165, 1.54) is 31.5 Å². The lowest BCUT2D eigenvalue weighted by molar-refractivity contribution is -0.123. The van der Waals surface area contributed by atoms with Crippen molar-refractivity contribution >= 4 is 44.7 Å². The molecule has 3 aromatic rings. The number of nitrogens with one attached hydrogen (secondary N) is 2. The molecule has 0 aliphatic carbocycles. The number of carbonyl (C=O) groups is 1. The van der Waals surface area contributed by atoms with E-state index in [2.05, 4.69) is 25.0 Å². The van der Waals surface area contributed by atoms with Gasteiger partial charge in [-0.3, -0.25) is 4.79 Å². The summed E-state index contributed by atoms with van der Waals surface area (Å²) >= 11 is 0. The monoisotopic (exact) mass is 470 g/mol. The van der Waals surface area contributed by atoms with Gasteiger partial charge in [-0.2, -0.15) is 5.26 Å². The second-order valence-electron chi connectivity index (χ2n) is 7.33. The summed E-state index contributed by atoms with van der Waals surface area (Å²) in [4.78, 5) is 20.2. The summed E-state index contributed by atoms with van der Waals surface area (Å²) in [5.41, 5.74) is 1.20. The van der Waals surface area contributed by atoms with Crippen LogP contribution >= 0.6 is 0 Å². The van der Waals surface area contributed by atoms with Gasteiger partial charge in [0.1, 0.15) is 35.6 Å². The number of carbonyl (C=O) groups excluding carboxylic acids is 1. The maximum Gasteiger partial charge on any atom is 0.258 e. The van der Waals surface area contributed by atoms with Gasteiger partial charge >= 0.3 is 0 Å². The Balaban J connectivity index is 1.60. The molecule has 0 saturated carbocycles. The number of rotatable bonds is 7. The zero-order valence-corrected chi connectivity index (χ0v) is 18.5. The highest BCUT2D eigenvalue weighted by Crippen LogP contribution is 2.33. The Hall–Kier alpha value is -3.65. The van der Waals surface area contributed by atoms with E-state index in [1.54, 1.807) is 6.07 Å². The highest BCUT2D eigenvalue weighted by molar-refractivity contribution is 7.88. The van der Waals surface area contributed by atoms with Crippen molar-refractivity contribution in [1.29, 1.82) is 5.26 Å². The van der Waals surface area contributed by atoms with Crippen molar-refractivity contribution in [1.82, 2.24) is 15.3 Å². The van der Waals surface area contributed by atoms with Crippen LogP contribution in [0.15, 0.2) is 41.0 Å². The van der Waals surface area contributed by atoms with Crippen LogP contribution in [0.5, 0.6) is 5.75 Å². The lowest BCUT2D eigenvalue weighted by atomic mass is 10.2. The van der Waals surface area contributed by atoms with E-state index < -0.39 is 30.2 Å². The Bertz CT molecular complexity index is 1290. The standard InChI is InChI=1S/C22H20F2N6O2S/c1-13(10-25)28-20(31)11-32-19-7-14(23)3-4-17(19)29-22-21-16(24)8-15(30-33-5-2-6-33)9-18(21)26-12-27-22/h3-4,7-9,12-13H,2,5-6,11H2,1H3,(H,28,31)(H,26,27,29). The van der Waals surface area contributed by atoms with Gasteiger partial charge in [-0.25, -0.2) is 23.1 Å². The number of anilines is 2. The lowest BCUT2D eigenvalue weighted by Crippen LogP contribution is -2.35. The predicted molar refractivity (Wildman–Crippen MR) is 122 cm³/mol. The molecule has 1 aromatic heterocycles. The van der Waals surface area contributed by atoms with Crippen molar-refractivity contribution in [2.75, 3.05) is 23.4 Å².